The van der Waals surface area contributed by atoms with Crippen LogP contribution in [0.5, 0.6) is 0 Å². The number of halogens is 3. The van der Waals surface area contributed by atoms with Gasteiger partial charge in [0.1, 0.15) is 0 Å². The number of aryl methyl sites for hydroxylation is 1. The molecule has 1 heterocycles. The van der Waals surface area contributed by atoms with Gasteiger partial charge in [-0.3, -0.25) is 4.79 Å². The molecule has 148 valence electrons. The van der Waals surface area contributed by atoms with Crippen molar-refractivity contribution in [1.82, 2.24) is 15.1 Å². The molecule has 0 aliphatic heterocycles. The van der Waals surface area contributed by atoms with Crippen molar-refractivity contribution in [3.05, 3.63) is 45.2 Å². The predicted octanol–water partition coefficient (Wildman–Crippen LogP) is 4.15. The first-order valence-corrected chi connectivity index (χ1v) is 9.66. The summed E-state index contributed by atoms with van der Waals surface area (Å²) in [4.78, 5) is 12.5. The molecule has 1 aliphatic rings. The topological polar surface area (TPSA) is 72.9 Å². The number of nitrogens with zero attached hydrogens (tertiary/aromatic N) is 2. The first kappa shape index (κ1) is 22.0. The van der Waals surface area contributed by atoms with Gasteiger partial charge in [0, 0.05) is 28.4 Å². The van der Waals surface area contributed by atoms with E-state index in [9.17, 15) is 4.79 Å². The zero-order valence-corrected chi connectivity index (χ0v) is 17.8. The molecular formula is C19H25Cl3N4O. The number of nitrogens with two attached hydrogens (primary N) is 1. The summed E-state index contributed by atoms with van der Waals surface area (Å²) in [5.41, 5.74) is 9.35. The molecule has 1 aliphatic carbocycles. The summed E-state index contributed by atoms with van der Waals surface area (Å²) in [6.45, 7) is 3.86. The number of hydrogen-bond donors (Lipinski definition) is 2. The Labute approximate surface area is 176 Å². The highest BCUT2D eigenvalue weighted by Crippen LogP contribution is 2.27. The Hall–Kier alpha value is -1.27. The zero-order valence-electron chi connectivity index (χ0n) is 15.5. The second kappa shape index (κ2) is 9.28. The molecule has 0 radical (unpaired) electrons. The Balaban J connectivity index is 0.00000261. The summed E-state index contributed by atoms with van der Waals surface area (Å²) in [5.74, 6) is 0.0263. The lowest BCUT2D eigenvalue weighted by Crippen LogP contribution is -2.41. The van der Waals surface area contributed by atoms with E-state index in [0.29, 0.717) is 16.5 Å². The number of aromatic nitrogens is 2. The predicted molar refractivity (Wildman–Crippen MR) is 112 cm³/mol. The van der Waals surface area contributed by atoms with Crippen LogP contribution in [0.15, 0.2) is 18.2 Å². The van der Waals surface area contributed by atoms with E-state index in [2.05, 4.69) is 10.4 Å². The number of rotatable bonds is 4. The Morgan fingerprint density at radius 1 is 1.26 bits per heavy atom. The normalized spacial score (nSPS) is 19.4. The number of carbonyl (C=O) groups is 1. The standard InChI is InChI=1S/C19H24Cl2N4O.ClH/c1-11-16(10-19(26)23-15-6-4-14(22)5-7-15)12(2)25(24-11)18-8-3-13(20)9-17(18)21;/h3,8-9,14-15H,4-7,10,22H2,1-2H3,(H,23,26);1H. The lowest BCUT2D eigenvalue weighted by Gasteiger charge is -2.26. The Kier molecular flexibility index (Phi) is 7.57. The fourth-order valence-electron chi connectivity index (χ4n) is 3.52. The molecule has 1 saturated carbocycles. The average Bonchev–Trinajstić information content (AvgIpc) is 2.85. The molecule has 2 aromatic rings. The highest BCUT2D eigenvalue weighted by Gasteiger charge is 2.22. The zero-order chi connectivity index (χ0) is 18.8. The molecule has 0 bridgehead atoms. The third-order valence-electron chi connectivity index (χ3n) is 5.05. The van der Waals surface area contributed by atoms with Crippen LogP contribution >= 0.6 is 35.6 Å². The van der Waals surface area contributed by atoms with Gasteiger partial charge in [0.25, 0.3) is 0 Å². The Bertz CT molecular complexity index is 814. The van der Waals surface area contributed by atoms with Crippen molar-refractivity contribution in [2.75, 3.05) is 0 Å². The monoisotopic (exact) mass is 430 g/mol. The van der Waals surface area contributed by atoms with E-state index in [1.807, 2.05) is 19.9 Å². The fraction of sp³-hybridized carbons (Fsp3) is 0.474. The molecule has 5 nitrogen and oxygen atoms in total. The molecule has 1 aromatic heterocycles. The maximum absolute atomic E-state index is 12.5. The van der Waals surface area contributed by atoms with E-state index < -0.39 is 0 Å². The van der Waals surface area contributed by atoms with Gasteiger partial charge in [-0.25, -0.2) is 4.68 Å². The van der Waals surface area contributed by atoms with E-state index >= 15 is 0 Å². The maximum atomic E-state index is 12.5. The molecule has 27 heavy (non-hydrogen) atoms. The van der Waals surface area contributed by atoms with Crippen LogP contribution < -0.4 is 11.1 Å². The van der Waals surface area contributed by atoms with Crippen LogP contribution in [-0.4, -0.2) is 27.8 Å². The van der Waals surface area contributed by atoms with Gasteiger partial charge in [0.2, 0.25) is 5.91 Å². The summed E-state index contributed by atoms with van der Waals surface area (Å²) < 4.78 is 1.77. The van der Waals surface area contributed by atoms with Crippen molar-refractivity contribution in [2.45, 2.75) is 58.0 Å². The molecule has 0 atom stereocenters. The molecule has 3 rings (SSSR count). The number of benzene rings is 1. The molecular weight excluding hydrogens is 407 g/mol. The van der Waals surface area contributed by atoms with E-state index in [4.69, 9.17) is 28.9 Å². The smallest absolute Gasteiger partial charge is 0.224 e. The minimum atomic E-state index is 0. The van der Waals surface area contributed by atoms with Crippen LogP contribution in [0.4, 0.5) is 0 Å². The summed E-state index contributed by atoms with van der Waals surface area (Å²) in [5, 5.41) is 8.81. The highest BCUT2D eigenvalue weighted by atomic mass is 35.5. The van der Waals surface area contributed by atoms with Crippen molar-refractivity contribution >= 4 is 41.5 Å². The van der Waals surface area contributed by atoms with Crippen molar-refractivity contribution in [3.8, 4) is 5.69 Å². The first-order valence-electron chi connectivity index (χ1n) is 8.90. The first-order chi connectivity index (χ1) is 12.3. The van der Waals surface area contributed by atoms with Crippen molar-refractivity contribution in [2.24, 2.45) is 5.73 Å². The third kappa shape index (κ3) is 5.17. The second-order valence-corrected chi connectivity index (χ2v) is 7.86. The van der Waals surface area contributed by atoms with Gasteiger partial charge in [-0.05, 0) is 57.7 Å². The molecule has 0 saturated heterocycles. The van der Waals surface area contributed by atoms with Crippen LogP contribution in [0.2, 0.25) is 10.0 Å². The van der Waals surface area contributed by atoms with Gasteiger partial charge in [-0.2, -0.15) is 5.10 Å². The van der Waals surface area contributed by atoms with Gasteiger partial charge in [0.15, 0.2) is 0 Å². The maximum Gasteiger partial charge on any atom is 0.224 e. The van der Waals surface area contributed by atoms with Crippen molar-refractivity contribution in [1.29, 1.82) is 0 Å². The SMILES string of the molecule is Cc1nn(-c2ccc(Cl)cc2Cl)c(C)c1CC(=O)NC1CCC(N)CC1.Cl. The molecule has 3 N–H and O–H groups in total. The lowest BCUT2D eigenvalue weighted by atomic mass is 9.91. The summed E-state index contributed by atoms with van der Waals surface area (Å²) >= 11 is 12.3. The summed E-state index contributed by atoms with van der Waals surface area (Å²) in [6, 6.07) is 5.80. The van der Waals surface area contributed by atoms with Gasteiger partial charge in [0.05, 0.1) is 22.8 Å². The molecule has 1 fully saturated rings. The van der Waals surface area contributed by atoms with Gasteiger partial charge in [-0.1, -0.05) is 23.2 Å². The molecule has 1 amide bonds. The van der Waals surface area contributed by atoms with Crippen LogP contribution in [0.1, 0.15) is 42.6 Å². The molecule has 0 unspecified atom stereocenters. The largest absolute Gasteiger partial charge is 0.353 e. The summed E-state index contributed by atoms with van der Waals surface area (Å²) in [6.07, 6.45) is 4.15. The van der Waals surface area contributed by atoms with Crippen molar-refractivity contribution < 1.29 is 4.79 Å². The lowest BCUT2D eigenvalue weighted by molar-refractivity contribution is -0.121. The highest BCUT2D eigenvalue weighted by molar-refractivity contribution is 6.35. The second-order valence-electron chi connectivity index (χ2n) is 7.01. The van der Waals surface area contributed by atoms with E-state index in [-0.39, 0.29) is 30.4 Å². The van der Waals surface area contributed by atoms with Gasteiger partial charge in [-0.15, -0.1) is 12.4 Å². The van der Waals surface area contributed by atoms with Crippen LogP contribution in [0.3, 0.4) is 0 Å². The average molecular weight is 432 g/mol. The number of amides is 1. The fourth-order valence-corrected chi connectivity index (χ4v) is 4.01. The molecule has 0 spiro atoms. The number of hydrogen-bond acceptors (Lipinski definition) is 3. The van der Waals surface area contributed by atoms with Crippen LogP contribution in [-0.2, 0) is 11.2 Å². The minimum Gasteiger partial charge on any atom is -0.353 e. The van der Waals surface area contributed by atoms with E-state index in [0.717, 1.165) is 48.3 Å². The quantitative estimate of drug-likeness (QED) is 0.764. The van der Waals surface area contributed by atoms with Gasteiger partial charge >= 0.3 is 0 Å². The van der Waals surface area contributed by atoms with Crippen molar-refractivity contribution in [3.63, 3.8) is 0 Å². The van der Waals surface area contributed by atoms with Crippen LogP contribution in [0.25, 0.3) is 5.69 Å². The summed E-state index contributed by atoms with van der Waals surface area (Å²) in [7, 11) is 0. The number of nitrogens with one attached hydrogen (secondary N) is 1. The number of carbonyl (C=O) groups excluding carboxylic acids is 1. The Morgan fingerprint density at radius 3 is 2.56 bits per heavy atom. The third-order valence-corrected chi connectivity index (χ3v) is 5.59. The van der Waals surface area contributed by atoms with Gasteiger partial charge < -0.3 is 11.1 Å². The van der Waals surface area contributed by atoms with E-state index in [1.54, 1.807) is 16.8 Å². The van der Waals surface area contributed by atoms with Crippen LogP contribution in [0, 0.1) is 13.8 Å². The molecule has 8 heteroatoms. The Morgan fingerprint density at radius 2 is 1.93 bits per heavy atom. The molecule has 1 aromatic carbocycles. The minimum absolute atomic E-state index is 0. The van der Waals surface area contributed by atoms with E-state index in [1.165, 1.54) is 0 Å².